The normalized spacial score (nSPS) is 15.5. The number of nitrogens with zero attached hydrogens (tertiary/aromatic N) is 1. The summed E-state index contributed by atoms with van der Waals surface area (Å²) in [5, 5.41) is 3.46. The molecular formula is C22H22N2O2. The molecule has 26 heavy (non-hydrogen) atoms. The van der Waals surface area contributed by atoms with Crippen LogP contribution in [0.25, 0.3) is 0 Å². The maximum atomic E-state index is 13.1. The van der Waals surface area contributed by atoms with Gasteiger partial charge in [0.05, 0.1) is 18.3 Å². The molecule has 0 spiro atoms. The lowest BCUT2D eigenvalue weighted by molar-refractivity contribution is -0.120. The Kier molecular flexibility index (Phi) is 4.59. The summed E-state index contributed by atoms with van der Waals surface area (Å²) < 4.78 is 5.63. The van der Waals surface area contributed by atoms with Gasteiger partial charge in [0.1, 0.15) is 5.76 Å². The first-order valence-corrected chi connectivity index (χ1v) is 8.98. The summed E-state index contributed by atoms with van der Waals surface area (Å²) in [5.74, 6) is 0.889. The molecular weight excluding hydrogens is 324 g/mol. The van der Waals surface area contributed by atoms with Crippen LogP contribution in [0, 0.1) is 0 Å². The molecule has 0 radical (unpaired) electrons. The lowest BCUT2D eigenvalue weighted by Crippen LogP contribution is -2.45. The number of fused-ring (bicyclic) bond motifs is 1. The van der Waals surface area contributed by atoms with Gasteiger partial charge < -0.3 is 9.32 Å². The molecule has 2 heterocycles. The molecule has 0 fully saturated rings. The minimum absolute atomic E-state index is 0.0856. The van der Waals surface area contributed by atoms with E-state index >= 15 is 0 Å². The Labute approximate surface area is 153 Å². The molecule has 1 N–H and O–H groups in total. The van der Waals surface area contributed by atoms with Crippen LogP contribution in [0.4, 0.5) is 5.69 Å². The quantitative estimate of drug-likeness (QED) is 0.761. The third kappa shape index (κ3) is 3.16. The fourth-order valence-electron chi connectivity index (χ4n) is 3.57. The van der Waals surface area contributed by atoms with E-state index in [1.54, 1.807) is 6.26 Å². The van der Waals surface area contributed by atoms with Gasteiger partial charge in [-0.2, -0.15) is 0 Å². The first-order chi connectivity index (χ1) is 12.7. The maximum Gasteiger partial charge on any atom is 0.243 e. The molecule has 2 atom stereocenters. The Morgan fingerprint density at radius 2 is 1.81 bits per heavy atom. The summed E-state index contributed by atoms with van der Waals surface area (Å²) in [4.78, 5) is 15.0. The van der Waals surface area contributed by atoms with E-state index in [0.717, 1.165) is 30.0 Å². The van der Waals surface area contributed by atoms with Gasteiger partial charge >= 0.3 is 0 Å². The Hall–Kier alpha value is -2.85. The monoisotopic (exact) mass is 346 g/mol. The van der Waals surface area contributed by atoms with Gasteiger partial charge in [0.2, 0.25) is 5.91 Å². The Bertz CT molecular complexity index is 874. The van der Waals surface area contributed by atoms with Gasteiger partial charge in [0, 0.05) is 12.2 Å². The molecule has 0 saturated heterocycles. The molecule has 4 heteroatoms. The number of anilines is 1. The molecule has 1 aliphatic heterocycles. The molecule has 1 aromatic heterocycles. The zero-order valence-electron chi connectivity index (χ0n) is 14.8. The number of furan rings is 1. The lowest BCUT2D eigenvalue weighted by Gasteiger charge is -2.26. The fourth-order valence-corrected chi connectivity index (χ4v) is 3.57. The number of hydrogen-bond donors (Lipinski definition) is 1. The van der Waals surface area contributed by atoms with E-state index < -0.39 is 0 Å². The molecule has 1 aliphatic rings. The number of nitrogens with one attached hydrogen (secondary N) is 1. The third-order valence-corrected chi connectivity index (χ3v) is 4.90. The van der Waals surface area contributed by atoms with E-state index in [-0.39, 0.29) is 18.0 Å². The summed E-state index contributed by atoms with van der Waals surface area (Å²) in [6.07, 6.45) is 2.57. The number of rotatable bonds is 5. The molecule has 3 aromatic rings. The van der Waals surface area contributed by atoms with E-state index in [2.05, 4.69) is 11.4 Å². The van der Waals surface area contributed by atoms with E-state index in [9.17, 15) is 4.79 Å². The molecule has 1 amide bonds. The highest BCUT2D eigenvalue weighted by molar-refractivity contribution is 5.98. The van der Waals surface area contributed by atoms with Crippen LogP contribution in [-0.4, -0.2) is 18.5 Å². The van der Waals surface area contributed by atoms with Crippen LogP contribution in [0.1, 0.15) is 29.9 Å². The molecule has 0 saturated carbocycles. The van der Waals surface area contributed by atoms with E-state index in [4.69, 9.17) is 4.42 Å². The molecule has 4 nitrogen and oxygen atoms in total. The highest BCUT2D eigenvalue weighted by Crippen LogP contribution is 2.29. The van der Waals surface area contributed by atoms with Gasteiger partial charge in [-0.25, -0.2) is 0 Å². The van der Waals surface area contributed by atoms with Crippen LogP contribution in [-0.2, 0) is 11.2 Å². The zero-order chi connectivity index (χ0) is 17.9. The number of benzene rings is 2. The lowest BCUT2D eigenvalue weighted by atomic mass is 10.0. The minimum atomic E-state index is -0.337. The summed E-state index contributed by atoms with van der Waals surface area (Å²) >= 11 is 0. The largest absolute Gasteiger partial charge is 0.467 e. The highest BCUT2D eigenvalue weighted by atomic mass is 16.3. The van der Waals surface area contributed by atoms with Crippen molar-refractivity contribution in [3.05, 3.63) is 89.9 Å². The van der Waals surface area contributed by atoms with Gasteiger partial charge in [-0.1, -0.05) is 48.5 Å². The van der Waals surface area contributed by atoms with Gasteiger partial charge in [-0.3, -0.25) is 10.1 Å². The molecule has 0 aliphatic carbocycles. The number of amides is 1. The second kappa shape index (κ2) is 7.18. The first-order valence-electron chi connectivity index (χ1n) is 8.98. The SMILES string of the molecule is C[C@H](N[C@@H](c1ccccc1)c1ccco1)C(=O)N1CCc2ccccc21. The second-order valence-corrected chi connectivity index (χ2v) is 6.62. The second-order valence-electron chi connectivity index (χ2n) is 6.62. The van der Waals surface area contributed by atoms with E-state index in [0.29, 0.717) is 0 Å². The smallest absolute Gasteiger partial charge is 0.243 e. The van der Waals surface area contributed by atoms with Crippen molar-refractivity contribution in [3.63, 3.8) is 0 Å². The van der Waals surface area contributed by atoms with Gasteiger partial charge in [-0.05, 0) is 42.7 Å². The van der Waals surface area contributed by atoms with Crippen LogP contribution in [0.3, 0.4) is 0 Å². The topological polar surface area (TPSA) is 45.5 Å². The van der Waals surface area contributed by atoms with Gasteiger partial charge in [0.15, 0.2) is 0 Å². The predicted octanol–water partition coefficient (Wildman–Crippen LogP) is 3.94. The number of hydrogen-bond acceptors (Lipinski definition) is 3. The van der Waals surface area contributed by atoms with Crippen molar-refractivity contribution >= 4 is 11.6 Å². The van der Waals surface area contributed by atoms with Crippen molar-refractivity contribution in [1.82, 2.24) is 5.32 Å². The number of carbonyl (C=O) groups is 1. The summed E-state index contributed by atoms with van der Waals surface area (Å²) in [7, 11) is 0. The Balaban J connectivity index is 1.56. The van der Waals surface area contributed by atoms with Gasteiger partial charge in [0.25, 0.3) is 0 Å². The minimum Gasteiger partial charge on any atom is -0.467 e. The van der Waals surface area contributed by atoms with Crippen molar-refractivity contribution in [2.45, 2.75) is 25.4 Å². The van der Waals surface area contributed by atoms with E-state index in [1.165, 1.54) is 5.56 Å². The average molecular weight is 346 g/mol. The van der Waals surface area contributed by atoms with Crippen molar-refractivity contribution in [3.8, 4) is 0 Å². The van der Waals surface area contributed by atoms with Crippen LogP contribution >= 0.6 is 0 Å². The number of carbonyl (C=O) groups excluding carboxylic acids is 1. The standard InChI is InChI=1S/C22H22N2O2/c1-16(22(25)24-14-13-17-8-5-6-11-19(17)24)23-21(20-12-7-15-26-20)18-9-3-2-4-10-18/h2-12,15-16,21,23H,13-14H2,1H3/t16-,21-/m0/s1. The fraction of sp³-hybridized carbons (Fsp3) is 0.227. The Morgan fingerprint density at radius 1 is 1.04 bits per heavy atom. The highest BCUT2D eigenvalue weighted by Gasteiger charge is 2.30. The van der Waals surface area contributed by atoms with E-state index in [1.807, 2.05) is 72.5 Å². The average Bonchev–Trinajstić information content (AvgIpc) is 3.36. The van der Waals surface area contributed by atoms with Crippen molar-refractivity contribution < 1.29 is 9.21 Å². The maximum absolute atomic E-state index is 13.1. The summed E-state index contributed by atoms with van der Waals surface area (Å²) in [6, 6.07) is 21.5. The predicted molar refractivity (Wildman–Crippen MR) is 102 cm³/mol. The molecule has 0 unspecified atom stereocenters. The van der Waals surface area contributed by atoms with Crippen molar-refractivity contribution in [2.75, 3.05) is 11.4 Å². The van der Waals surface area contributed by atoms with Crippen molar-refractivity contribution in [2.24, 2.45) is 0 Å². The third-order valence-electron chi connectivity index (χ3n) is 4.90. The van der Waals surface area contributed by atoms with Crippen LogP contribution in [0.15, 0.2) is 77.4 Å². The van der Waals surface area contributed by atoms with Crippen LogP contribution in [0.2, 0.25) is 0 Å². The summed E-state index contributed by atoms with van der Waals surface area (Å²) in [5.41, 5.74) is 3.34. The molecule has 0 bridgehead atoms. The molecule has 2 aromatic carbocycles. The van der Waals surface area contributed by atoms with Crippen molar-refractivity contribution in [1.29, 1.82) is 0 Å². The van der Waals surface area contributed by atoms with Crippen LogP contribution in [0.5, 0.6) is 0 Å². The van der Waals surface area contributed by atoms with Crippen LogP contribution < -0.4 is 10.2 Å². The summed E-state index contributed by atoms with van der Waals surface area (Å²) in [6.45, 7) is 2.66. The first kappa shape index (κ1) is 16.6. The molecule has 132 valence electrons. The number of para-hydroxylation sites is 1. The Morgan fingerprint density at radius 3 is 2.58 bits per heavy atom. The zero-order valence-corrected chi connectivity index (χ0v) is 14.8. The molecule has 4 rings (SSSR count). The van der Waals surface area contributed by atoms with Gasteiger partial charge in [-0.15, -0.1) is 0 Å².